The van der Waals surface area contributed by atoms with E-state index in [-0.39, 0.29) is 4.90 Å². The number of sulfonamides is 1. The molecule has 4 nitrogen and oxygen atoms in total. The van der Waals surface area contributed by atoms with E-state index in [9.17, 15) is 8.42 Å². The molecule has 0 bridgehead atoms. The minimum atomic E-state index is -3.73. The van der Waals surface area contributed by atoms with Crippen LogP contribution in [0.3, 0.4) is 0 Å². The molecular formula is C21H20N2O2S. The summed E-state index contributed by atoms with van der Waals surface area (Å²) in [6.07, 6.45) is 0. The van der Waals surface area contributed by atoms with Crippen LogP contribution in [0.25, 0.3) is 0 Å². The molecule has 0 spiro atoms. The van der Waals surface area contributed by atoms with Gasteiger partial charge in [0.2, 0.25) is 0 Å². The Morgan fingerprint density at radius 3 is 1.81 bits per heavy atom. The van der Waals surface area contributed by atoms with Gasteiger partial charge in [0.15, 0.2) is 0 Å². The van der Waals surface area contributed by atoms with E-state index in [4.69, 9.17) is 0 Å². The van der Waals surface area contributed by atoms with Crippen molar-refractivity contribution >= 4 is 15.7 Å². The molecule has 0 aliphatic heterocycles. The zero-order valence-corrected chi connectivity index (χ0v) is 15.5. The van der Waals surface area contributed by atoms with Crippen molar-refractivity contribution in [1.29, 1.82) is 0 Å². The van der Waals surface area contributed by atoms with Gasteiger partial charge in [0.1, 0.15) is 0 Å². The third-order valence-electron chi connectivity index (χ3n) is 3.98. The number of hydrogen-bond donors (Lipinski definition) is 1. The molecule has 3 aromatic rings. The summed E-state index contributed by atoms with van der Waals surface area (Å²) in [4.78, 5) is 2.55. The number of rotatable bonds is 5. The first kappa shape index (κ1) is 17.9. The summed E-state index contributed by atoms with van der Waals surface area (Å²) in [5, 5.41) is 4.24. The lowest BCUT2D eigenvalue weighted by molar-refractivity contribution is 0.584. The van der Waals surface area contributed by atoms with Gasteiger partial charge < -0.3 is 0 Å². The molecule has 0 fully saturated rings. The molecule has 3 aromatic carbocycles. The fourth-order valence-corrected chi connectivity index (χ4v) is 3.29. The summed E-state index contributed by atoms with van der Waals surface area (Å²) in [5.74, 6) is 0. The molecule has 0 aliphatic carbocycles. The van der Waals surface area contributed by atoms with Crippen LogP contribution in [0.4, 0.5) is 0 Å². The van der Waals surface area contributed by atoms with E-state index in [1.807, 2.05) is 68.4 Å². The van der Waals surface area contributed by atoms with Crippen molar-refractivity contribution in [3.05, 3.63) is 101 Å². The van der Waals surface area contributed by atoms with Crippen LogP contribution in [0.15, 0.2) is 88.9 Å². The molecule has 0 atom stereocenters. The van der Waals surface area contributed by atoms with Crippen molar-refractivity contribution < 1.29 is 8.42 Å². The summed E-state index contributed by atoms with van der Waals surface area (Å²) in [7, 11) is -3.73. The first-order chi connectivity index (χ1) is 12.5. The number of benzene rings is 3. The smallest absolute Gasteiger partial charge is 0.200 e. The fourth-order valence-electron chi connectivity index (χ4n) is 2.48. The first-order valence-electron chi connectivity index (χ1n) is 8.24. The van der Waals surface area contributed by atoms with E-state index in [1.54, 1.807) is 24.3 Å². The maximum Gasteiger partial charge on any atom is 0.276 e. The van der Waals surface area contributed by atoms with Gasteiger partial charge >= 0.3 is 0 Å². The van der Waals surface area contributed by atoms with Crippen LogP contribution in [0.1, 0.15) is 22.3 Å². The Balaban J connectivity index is 1.99. The summed E-state index contributed by atoms with van der Waals surface area (Å²) in [6, 6.07) is 24.0. The van der Waals surface area contributed by atoms with Crippen LogP contribution in [-0.2, 0) is 10.0 Å². The van der Waals surface area contributed by atoms with Gasteiger partial charge in [0.05, 0.1) is 10.6 Å². The van der Waals surface area contributed by atoms with Gasteiger partial charge in [-0.25, -0.2) is 0 Å². The van der Waals surface area contributed by atoms with Gasteiger partial charge in [0.25, 0.3) is 10.0 Å². The average molecular weight is 364 g/mol. The molecule has 0 saturated heterocycles. The second-order valence-corrected chi connectivity index (χ2v) is 7.76. The van der Waals surface area contributed by atoms with Gasteiger partial charge in [-0.2, -0.15) is 18.4 Å². The van der Waals surface area contributed by atoms with Crippen LogP contribution in [-0.4, -0.2) is 14.1 Å². The molecule has 0 amide bonds. The average Bonchev–Trinajstić information content (AvgIpc) is 2.64. The summed E-state index contributed by atoms with van der Waals surface area (Å²) >= 11 is 0. The lowest BCUT2D eigenvalue weighted by Gasteiger charge is -2.10. The number of nitrogens with zero attached hydrogens (tertiary/aromatic N) is 1. The molecule has 5 heteroatoms. The van der Waals surface area contributed by atoms with Gasteiger partial charge in [0, 0.05) is 11.1 Å². The molecule has 132 valence electrons. The molecule has 0 unspecified atom stereocenters. The number of hydrogen-bond acceptors (Lipinski definition) is 3. The maximum absolute atomic E-state index is 12.5. The van der Waals surface area contributed by atoms with Gasteiger partial charge in [-0.1, -0.05) is 77.9 Å². The predicted octanol–water partition coefficient (Wildman–Crippen LogP) is 4.03. The van der Waals surface area contributed by atoms with E-state index >= 15 is 0 Å². The highest BCUT2D eigenvalue weighted by Gasteiger charge is 2.14. The highest BCUT2D eigenvalue weighted by atomic mass is 32.2. The minimum Gasteiger partial charge on any atom is -0.200 e. The summed E-state index contributed by atoms with van der Waals surface area (Å²) in [6.45, 7) is 3.91. The van der Waals surface area contributed by atoms with Crippen LogP contribution in [0.2, 0.25) is 0 Å². The quantitative estimate of drug-likeness (QED) is 0.549. The molecular weight excluding hydrogens is 344 g/mol. The molecule has 0 heterocycles. The SMILES string of the molecule is Cc1ccc(/C(=N/NS(=O)(=O)c2ccc(C)cc2)c2ccccc2)cc1. The zero-order chi connectivity index (χ0) is 18.6. The standard InChI is InChI=1S/C21H20N2O2S/c1-16-8-12-19(13-9-16)21(18-6-4-3-5-7-18)22-23-26(24,25)20-14-10-17(2)11-15-20/h3-15,23H,1-2H3/b22-21+. The van der Waals surface area contributed by atoms with Crippen molar-refractivity contribution in [1.82, 2.24) is 4.83 Å². The second kappa shape index (κ2) is 7.54. The van der Waals surface area contributed by atoms with Crippen molar-refractivity contribution in [2.45, 2.75) is 18.7 Å². The molecule has 26 heavy (non-hydrogen) atoms. The molecule has 0 radical (unpaired) electrons. The predicted molar refractivity (Wildman–Crippen MR) is 105 cm³/mol. The van der Waals surface area contributed by atoms with Crippen LogP contribution >= 0.6 is 0 Å². The molecule has 3 rings (SSSR count). The Labute approximate surface area is 154 Å². The lowest BCUT2D eigenvalue weighted by atomic mass is 10.0. The summed E-state index contributed by atoms with van der Waals surface area (Å²) < 4.78 is 25.1. The topological polar surface area (TPSA) is 58.5 Å². The highest BCUT2D eigenvalue weighted by Crippen LogP contribution is 2.14. The Hall–Kier alpha value is -2.92. The Kier molecular flexibility index (Phi) is 5.19. The van der Waals surface area contributed by atoms with Crippen molar-refractivity contribution in [2.24, 2.45) is 5.10 Å². The third-order valence-corrected chi connectivity index (χ3v) is 5.21. The fraction of sp³-hybridized carbons (Fsp3) is 0.0952. The number of hydrazone groups is 1. The molecule has 1 N–H and O–H groups in total. The van der Waals surface area contributed by atoms with Crippen LogP contribution in [0, 0.1) is 13.8 Å². The highest BCUT2D eigenvalue weighted by molar-refractivity contribution is 7.89. The zero-order valence-electron chi connectivity index (χ0n) is 14.7. The monoisotopic (exact) mass is 364 g/mol. The Bertz CT molecular complexity index is 1010. The minimum absolute atomic E-state index is 0.183. The number of aryl methyl sites for hydroxylation is 2. The van der Waals surface area contributed by atoms with E-state index < -0.39 is 10.0 Å². The third kappa shape index (κ3) is 4.18. The van der Waals surface area contributed by atoms with E-state index in [1.165, 1.54) is 0 Å². The number of nitrogens with one attached hydrogen (secondary N) is 1. The van der Waals surface area contributed by atoms with Gasteiger partial charge in [-0.3, -0.25) is 0 Å². The van der Waals surface area contributed by atoms with E-state index in [2.05, 4.69) is 9.93 Å². The first-order valence-corrected chi connectivity index (χ1v) is 9.73. The molecule has 0 aliphatic rings. The van der Waals surface area contributed by atoms with Crippen molar-refractivity contribution in [2.75, 3.05) is 0 Å². The summed E-state index contributed by atoms with van der Waals surface area (Å²) in [5.41, 5.74) is 4.37. The molecule has 0 aromatic heterocycles. The molecule has 0 saturated carbocycles. The van der Waals surface area contributed by atoms with E-state index in [0.29, 0.717) is 5.71 Å². The Morgan fingerprint density at radius 2 is 1.23 bits per heavy atom. The van der Waals surface area contributed by atoms with E-state index in [0.717, 1.165) is 22.3 Å². The lowest BCUT2D eigenvalue weighted by Crippen LogP contribution is -2.21. The van der Waals surface area contributed by atoms with Crippen molar-refractivity contribution in [3.63, 3.8) is 0 Å². The Morgan fingerprint density at radius 1 is 0.731 bits per heavy atom. The van der Waals surface area contributed by atoms with Crippen molar-refractivity contribution in [3.8, 4) is 0 Å². The van der Waals surface area contributed by atoms with Gasteiger partial charge in [-0.15, -0.1) is 0 Å². The normalized spacial score (nSPS) is 12.0. The van der Waals surface area contributed by atoms with Gasteiger partial charge in [-0.05, 0) is 26.0 Å². The van der Waals surface area contributed by atoms with Crippen LogP contribution in [0.5, 0.6) is 0 Å². The maximum atomic E-state index is 12.5. The van der Waals surface area contributed by atoms with Crippen LogP contribution < -0.4 is 4.83 Å². The largest absolute Gasteiger partial charge is 0.276 e. The second-order valence-electron chi connectivity index (χ2n) is 6.10.